The fourth-order valence-corrected chi connectivity index (χ4v) is 4.44. The highest BCUT2D eigenvalue weighted by atomic mass is 32.2. The summed E-state index contributed by atoms with van der Waals surface area (Å²) in [5, 5.41) is 4.57. The van der Waals surface area contributed by atoms with Gasteiger partial charge in [0.1, 0.15) is 10.6 Å². The number of aromatic nitrogens is 2. The molecule has 26 heavy (non-hydrogen) atoms. The number of nitrogens with one attached hydrogen (secondary N) is 2. The Morgan fingerprint density at radius 3 is 2.73 bits per heavy atom. The third-order valence-corrected chi connectivity index (χ3v) is 6.05. The Labute approximate surface area is 154 Å². The lowest BCUT2D eigenvalue weighted by Gasteiger charge is -2.08. The number of aryl methyl sites for hydroxylation is 2. The average Bonchev–Trinajstić information content (AvgIpc) is 2.97. The van der Waals surface area contributed by atoms with E-state index in [4.69, 9.17) is 4.52 Å². The summed E-state index contributed by atoms with van der Waals surface area (Å²) in [6, 6.07) is 9.45. The molecule has 0 saturated heterocycles. The van der Waals surface area contributed by atoms with Crippen LogP contribution in [0.5, 0.6) is 0 Å². The summed E-state index contributed by atoms with van der Waals surface area (Å²) < 4.78 is 29.3. The van der Waals surface area contributed by atoms with Gasteiger partial charge in [0.2, 0.25) is 5.91 Å². The van der Waals surface area contributed by atoms with Crippen molar-refractivity contribution in [1.82, 2.24) is 20.4 Å². The molecule has 3 aromatic rings. The van der Waals surface area contributed by atoms with Crippen LogP contribution in [-0.4, -0.2) is 30.2 Å². The number of fused-ring (bicyclic) bond motifs is 1. The van der Waals surface area contributed by atoms with Crippen LogP contribution in [0.2, 0.25) is 0 Å². The van der Waals surface area contributed by atoms with E-state index in [9.17, 15) is 13.2 Å². The van der Waals surface area contributed by atoms with Crippen LogP contribution in [0, 0.1) is 13.8 Å². The molecule has 10 heteroatoms. The Hall–Kier alpha value is -2.43. The van der Waals surface area contributed by atoms with E-state index in [1.54, 1.807) is 6.20 Å². The maximum atomic E-state index is 12.2. The van der Waals surface area contributed by atoms with Gasteiger partial charge in [-0.25, -0.2) is 8.42 Å². The first-order chi connectivity index (χ1) is 12.4. The smallest absolute Gasteiger partial charge is 0.262 e. The van der Waals surface area contributed by atoms with Crippen LogP contribution in [0.3, 0.4) is 0 Å². The molecule has 1 aromatic carbocycles. The molecule has 8 nitrogen and oxygen atoms in total. The number of hydrogen-bond acceptors (Lipinski definition) is 7. The van der Waals surface area contributed by atoms with E-state index in [2.05, 4.69) is 20.4 Å². The predicted molar refractivity (Wildman–Crippen MR) is 96.9 cm³/mol. The molecular weight excluding hydrogens is 376 g/mol. The number of pyridine rings is 1. The number of sulfonamides is 1. The Kier molecular flexibility index (Phi) is 5.25. The molecule has 2 N–H and O–H groups in total. The van der Waals surface area contributed by atoms with Crippen LogP contribution in [0.25, 0.3) is 10.9 Å². The lowest BCUT2D eigenvalue weighted by Crippen LogP contribution is -2.42. The number of carbonyl (C=O) groups excluding carboxylic acids is 1. The van der Waals surface area contributed by atoms with E-state index in [1.807, 2.05) is 30.3 Å². The topological polar surface area (TPSA) is 114 Å². The van der Waals surface area contributed by atoms with Crippen molar-refractivity contribution in [1.29, 1.82) is 0 Å². The normalized spacial score (nSPS) is 11.6. The van der Waals surface area contributed by atoms with E-state index in [0.29, 0.717) is 0 Å². The van der Waals surface area contributed by atoms with Gasteiger partial charge in [0.15, 0.2) is 5.76 Å². The van der Waals surface area contributed by atoms with Crippen molar-refractivity contribution >= 4 is 38.6 Å². The lowest BCUT2D eigenvalue weighted by molar-refractivity contribution is -0.119. The van der Waals surface area contributed by atoms with Crippen LogP contribution < -0.4 is 10.3 Å². The minimum Gasteiger partial charge on any atom is -0.360 e. The molecule has 3 rings (SSSR count). The summed E-state index contributed by atoms with van der Waals surface area (Å²) in [5.74, 6) is -0.307. The third-order valence-electron chi connectivity index (χ3n) is 3.52. The Balaban J connectivity index is 1.63. The van der Waals surface area contributed by atoms with Crippen LogP contribution in [-0.2, 0) is 14.8 Å². The minimum absolute atomic E-state index is 0.0276. The maximum absolute atomic E-state index is 12.2. The van der Waals surface area contributed by atoms with Crippen LogP contribution >= 0.6 is 11.8 Å². The predicted octanol–water partition coefficient (Wildman–Crippen LogP) is 1.94. The number of para-hydroxylation sites is 1. The molecule has 0 saturated carbocycles. The third kappa shape index (κ3) is 3.87. The van der Waals surface area contributed by atoms with Gasteiger partial charge in [0, 0.05) is 16.5 Å². The summed E-state index contributed by atoms with van der Waals surface area (Å²) in [4.78, 5) is 19.2. The summed E-state index contributed by atoms with van der Waals surface area (Å²) in [5.41, 5.74) is 3.21. The number of amides is 1. The van der Waals surface area contributed by atoms with E-state index in [0.717, 1.165) is 15.8 Å². The average molecular weight is 392 g/mol. The van der Waals surface area contributed by atoms with Gasteiger partial charge in [-0.05, 0) is 26.0 Å². The zero-order valence-corrected chi connectivity index (χ0v) is 15.6. The van der Waals surface area contributed by atoms with Crippen LogP contribution in [0.15, 0.2) is 50.8 Å². The van der Waals surface area contributed by atoms with Gasteiger partial charge < -0.3 is 4.52 Å². The Morgan fingerprint density at radius 2 is 2.00 bits per heavy atom. The number of nitrogens with zero attached hydrogens (tertiary/aromatic N) is 2. The highest BCUT2D eigenvalue weighted by Crippen LogP contribution is 2.25. The fourth-order valence-electron chi connectivity index (χ4n) is 2.41. The molecule has 0 radical (unpaired) electrons. The van der Waals surface area contributed by atoms with Crippen molar-refractivity contribution in [3.63, 3.8) is 0 Å². The van der Waals surface area contributed by atoms with Gasteiger partial charge in [0.05, 0.1) is 11.3 Å². The molecule has 2 aromatic heterocycles. The second-order valence-corrected chi connectivity index (χ2v) is 8.06. The number of thioether (sulfide) groups is 1. The fraction of sp³-hybridized carbons (Fsp3) is 0.188. The van der Waals surface area contributed by atoms with Gasteiger partial charge in [0.25, 0.3) is 10.0 Å². The number of hydrazine groups is 1. The molecule has 0 aliphatic rings. The molecule has 0 atom stereocenters. The quantitative estimate of drug-likeness (QED) is 0.487. The zero-order valence-electron chi connectivity index (χ0n) is 14.0. The van der Waals surface area contributed by atoms with Crippen molar-refractivity contribution in [2.45, 2.75) is 23.6 Å². The summed E-state index contributed by atoms with van der Waals surface area (Å²) in [6.45, 7) is 3.00. The van der Waals surface area contributed by atoms with Crippen molar-refractivity contribution in [2.75, 3.05) is 5.75 Å². The minimum atomic E-state index is -3.95. The standard InChI is InChI=1S/C16H16N4O4S2/c1-10-16(11(2)24-19-10)26(22,23)20-18-14(21)9-25-13-7-3-5-12-6-4-8-17-15(12)13/h3-8,20H,9H2,1-2H3,(H,18,21). The molecule has 136 valence electrons. The Bertz CT molecular complexity index is 1040. The van der Waals surface area contributed by atoms with Crippen molar-refractivity contribution in [2.24, 2.45) is 0 Å². The maximum Gasteiger partial charge on any atom is 0.262 e. The Morgan fingerprint density at radius 1 is 1.23 bits per heavy atom. The number of hydrogen-bond donors (Lipinski definition) is 2. The summed E-state index contributed by atoms with van der Waals surface area (Å²) >= 11 is 1.27. The molecule has 2 heterocycles. The van der Waals surface area contributed by atoms with Crippen LogP contribution in [0.4, 0.5) is 0 Å². The SMILES string of the molecule is Cc1noc(C)c1S(=O)(=O)NNC(=O)CSc1cccc2cccnc12. The molecular formula is C16H16N4O4S2. The van der Waals surface area contributed by atoms with Gasteiger partial charge in [-0.3, -0.25) is 15.2 Å². The second-order valence-electron chi connectivity index (χ2n) is 5.43. The van der Waals surface area contributed by atoms with Crippen molar-refractivity contribution in [3.05, 3.63) is 48.0 Å². The lowest BCUT2D eigenvalue weighted by atomic mass is 10.2. The largest absolute Gasteiger partial charge is 0.360 e. The van der Waals surface area contributed by atoms with E-state index in [1.165, 1.54) is 25.6 Å². The number of rotatable bonds is 6. The number of carbonyl (C=O) groups is 1. The molecule has 0 bridgehead atoms. The highest BCUT2D eigenvalue weighted by molar-refractivity contribution is 8.00. The molecule has 0 aliphatic heterocycles. The van der Waals surface area contributed by atoms with Crippen molar-refractivity contribution < 1.29 is 17.7 Å². The molecule has 0 fully saturated rings. The van der Waals surface area contributed by atoms with Crippen molar-refractivity contribution in [3.8, 4) is 0 Å². The first-order valence-electron chi connectivity index (χ1n) is 7.58. The number of benzene rings is 1. The van der Waals surface area contributed by atoms with Gasteiger partial charge >= 0.3 is 0 Å². The second kappa shape index (κ2) is 7.44. The highest BCUT2D eigenvalue weighted by Gasteiger charge is 2.24. The molecule has 0 aliphatic carbocycles. The van der Waals surface area contributed by atoms with E-state index < -0.39 is 15.9 Å². The van der Waals surface area contributed by atoms with Crippen LogP contribution in [0.1, 0.15) is 11.5 Å². The monoisotopic (exact) mass is 392 g/mol. The first-order valence-corrected chi connectivity index (χ1v) is 10.1. The summed E-state index contributed by atoms with van der Waals surface area (Å²) in [7, 11) is -3.95. The van der Waals surface area contributed by atoms with Gasteiger partial charge in [-0.1, -0.05) is 23.4 Å². The van der Waals surface area contributed by atoms with Gasteiger partial charge in [-0.15, -0.1) is 16.6 Å². The molecule has 0 spiro atoms. The first kappa shape index (κ1) is 18.4. The van der Waals surface area contributed by atoms with E-state index >= 15 is 0 Å². The van der Waals surface area contributed by atoms with Gasteiger partial charge in [-0.2, -0.15) is 0 Å². The molecule has 1 amide bonds. The zero-order chi connectivity index (χ0) is 18.7. The molecule has 0 unspecified atom stereocenters. The van der Waals surface area contributed by atoms with E-state index in [-0.39, 0.29) is 22.1 Å². The summed E-state index contributed by atoms with van der Waals surface area (Å²) in [6.07, 6.45) is 1.68.